The summed E-state index contributed by atoms with van der Waals surface area (Å²) >= 11 is 12.3. The maximum absolute atomic E-state index is 13.5. The van der Waals surface area contributed by atoms with Gasteiger partial charge in [-0.3, -0.25) is 24.1 Å². The minimum Gasteiger partial charge on any atom is -0.292 e. The molecule has 8 heteroatoms. The van der Waals surface area contributed by atoms with E-state index < -0.39 is 23.1 Å². The molecule has 6 nitrogen and oxygen atoms in total. The van der Waals surface area contributed by atoms with Gasteiger partial charge in [0.05, 0.1) is 10.7 Å². The molecule has 0 bridgehead atoms. The molecule has 2 aliphatic rings. The Morgan fingerprint density at radius 1 is 1.10 bits per heavy atom. The summed E-state index contributed by atoms with van der Waals surface area (Å²) in [7, 11) is 0. The third kappa shape index (κ3) is 3.63. The number of amides is 2. The smallest absolute Gasteiger partial charge is 0.264 e. The van der Waals surface area contributed by atoms with E-state index in [1.54, 1.807) is 24.3 Å². The number of nitrogens with zero attached hydrogens (tertiary/aromatic N) is 2. The van der Waals surface area contributed by atoms with Crippen LogP contribution in [0.25, 0.3) is 0 Å². The summed E-state index contributed by atoms with van der Waals surface area (Å²) in [5.41, 5.74) is -1.12. The standard InChI is InChI=1S/C23H22Cl2N2O4/c1-14(28)26-21(30)23(13-22(26,2)3)12-19(27(31-23)16-7-5-4-6-8-16)20(29)17-10-9-15(24)11-18(17)25/h4-11,19H,12-13H2,1-3H3/t19-,23+/m1/s1. The molecule has 0 N–H and O–H groups in total. The van der Waals surface area contributed by atoms with E-state index in [4.69, 9.17) is 28.0 Å². The molecule has 2 fully saturated rings. The first kappa shape index (κ1) is 21.8. The second-order valence-corrected chi connectivity index (χ2v) is 9.45. The van der Waals surface area contributed by atoms with Crippen molar-refractivity contribution >= 4 is 46.5 Å². The monoisotopic (exact) mass is 460 g/mol. The number of ketones is 1. The first-order valence-electron chi connectivity index (χ1n) is 9.94. The van der Waals surface area contributed by atoms with Gasteiger partial charge in [-0.05, 0) is 44.2 Å². The molecule has 2 heterocycles. The number of Topliss-reactive ketones (excluding diaryl/α,β-unsaturated/α-hetero) is 1. The Morgan fingerprint density at radius 3 is 2.35 bits per heavy atom. The fourth-order valence-electron chi connectivity index (χ4n) is 4.69. The quantitative estimate of drug-likeness (QED) is 0.621. The fraction of sp³-hybridized carbons (Fsp3) is 0.348. The van der Waals surface area contributed by atoms with Gasteiger partial charge in [-0.1, -0.05) is 41.4 Å². The van der Waals surface area contributed by atoms with Crippen molar-refractivity contribution in [2.45, 2.75) is 50.8 Å². The summed E-state index contributed by atoms with van der Waals surface area (Å²) in [4.78, 5) is 46.6. The van der Waals surface area contributed by atoms with Gasteiger partial charge in [0, 0.05) is 35.9 Å². The van der Waals surface area contributed by atoms with E-state index in [1.165, 1.54) is 23.0 Å². The maximum Gasteiger partial charge on any atom is 0.264 e. The molecule has 0 unspecified atom stereocenters. The van der Waals surface area contributed by atoms with E-state index in [9.17, 15) is 14.4 Å². The third-order valence-electron chi connectivity index (χ3n) is 5.82. The Labute approximate surface area is 190 Å². The molecule has 31 heavy (non-hydrogen) atoms. The van der Waals surface area contributed by atoms with Gasteiger partial charge in [0.1, 0.15) is 6.04 Å². The van der Waals surface area contributed by atoms with Crippen molar-refractivity contribution in [3.05, 3.63) is 64.1 Å². The molecule has 162 valence electrons. The largest absolute Gasteiger partial charge is 0.292 e. The van der Waals surface area contributed by atoms with E-state index >= 15 is 0 Å². The average Bonchev–Trinajstić information content (AvgIpc) is 3.16. The highest BCUT2D eigenvalue weighted by Gasteiger charge is 2.64. The second kappa shape index (κ2) is 7.62. The number of likely N-dealkylation sites (tertiary alicyclic amines) is 1. The number of hydrogen-bond acceptors (Lipinski definition) is 5. The molecular formula is C23H22Cl2N2O4. The number of anilines is 1. The molecule has 0 radical (unpaired) electrons. The second-order valence-electron chi connectivity index (χ2n) is 8.60. The van der Waals surface area contributed by atoms with E-state index in [-0.39, 0.29) is 29.6 Å². The van der Waals surface area contributed by atoms with Crippen LogP contribution in [0.3, 0.4) is 0 Å². The highest BCUT2D eigenvalue weighted by atomic mass is 35.5. The number of rotatable bonds is 3. The van der Waals surface area contributed by atoms with Crippen LogP contribution in [-0.4, -0.2) is 39.7 Å². The molecule has 0 aromatic heterocycles. The predicted octanol–water partition coefficient (Wildman–Crippen LogP) is 4.68. The van der Waals surface area contributed by atoms with E-state index in [0.29, 0.717) is 16.3 Å². The zero-order chi connectivity index (χ0) is 22.6. The molecular weight excluding hydrogens is 439 g/mol. The number of halogens is 2. The summed E-state index contributed by atoms with van der Waals surface area (Å²) in [6.45, 7) is 5.00. The van der Waals surface area contributed by atoms with E-state index in [0.717, 1.165) is 0 Å². The first-order chi connectivity index (χ1) is 14.6. The number of benzene rings is 2. The van der Waals surface area contributed by atoms with Crippen LogP contribution in [0.5, 0.6) is 0 Å². The van der Waals surface area contributed by atoms with Gasteiger partial charge in [0.2, 0.25) is 5.91 Å². The van der Waals surface area contributed by atoms with Crippen LogP contribution in [0.1, 0.15) is 44.0 Å². The minimum absolute atomic E-state index is 0.103. The molecule has 4 rings (SSSR count). The highest BCUT2D eigenvalue weighted by molar-refractivity contribution is 6.37. The van der Waals surface area contributed by atoms with Gasteiger partial charge < -0.3 is 0 Å². The predicted molar refractivity (Wildman–Crippen MR) is 118 cm³/mol. The van der Waals surface area contributed by atoms with Gasteiger partial charge in [-0.15, -0.1) is 0 Å². The summed E-state index contributed by atoms with van der Waals surface area (Å²) in [5, 5.41) is 2.13. The Kier molecular flexibility index (Phi) is 5.36. The van der Waals surface area contributed by atoms with Crippen molar-refractivity contribution in [2.24, 2.45) is 0 Å². The zero-order valence-electron chi connectivity index (χ0n) is 17.4. The molecule has 0 aliphatic carbocycles. The van der Waals surface area contributed by atoms with Crippen LogP contribution in [0.2, 0.25) is 10.0 Å². The number of hydrogen-bond donors (Lipinski definition) is 0. The number of para-hydroxylation sites is 1. The van der Waals surface area contributed by atoms with E-state index in [2.05, 4.69) is 0 Å². The van der Waals surface area contributed by atoms with Gasteiger partial charge in [0.25, 0.3) is 5.91 Å². The fourth-order valence-corrected chi connectivity index (χ4v) is 5.19. The molecule has 2 aliphatic heterocycles. The number of carbonyl (C=O) groups excluding carboxylic acids is 3. The van der Waals surface area contributed by atoms with Gasteiger partial charge in [-0.2, -0.15) is 0 Å². The van der Waals surface area contributed by atoms with Crippen molar-refractivity contribution in [1.29, 1.82) is 0 Å². The van der Waals surface area contributed by atoms with Crippen LogP contribution >= 0.6 is 23.2 Å². The topological polar surface area (TPSA) is 66.9 Å². The minimum atomic E-state index is -1.32. The van der Waals surface area contributed by atoms with Gasteiger partial charge >= 0.3 is 0 Å². The Hall–Kier alpha value is -2.41. The lowest BCUT2D eigenvalue weighted by atomic mass is 9.86. The molecule has 1 spiro atoms. The lowest BCUT2D eigenvalue weighted by Gasteiger charge is -2.27. The van der Waals surface area contributed by atoms with Crippen LogP contribution in [0.15, 0.2) is 48.5 Å². The SMILES string of the molecule is CC(=O)N1C(=O)[C@]2(C[C@H](C(=O)c3ccc(Cl)cc3Cl)N(c3ccccc3)O2)CC1(C)C. The number of imide groups is 1. The summed E-state index contributed by atoms with van der Waals surface area (Å²) < 4.78 is 0. The Bertz CT molecular complexity index is 1070. The zero-order valence-corrected chi connectivity index (χ0v) is 18.9. The molecule has 2 aromatic rings. The number of carbonyl (C=O) groups is 3. The van der Waals surface area contributed by atoms with Gasteiger partial charge in [-0.25, -0.2) is 5.06 Å². The Balaban J connectivity index is 1.78. The van der Waals surface area contributed by atoms with Crippen LogP contribution in [0, 0.1) is 0 Å². The van der Waals surface area contributed by atoms with Crippen molar-refractivity contribution < 1.29 is 19.2 Å². The van der Waals surface area contributed by atoms with Crippen LogP contribution in [-0.2, 0) is 14.4 Å². The molecule has 0 saturated carbocycles. The average molecular weight is 461 g/mol. The summed E-state index contributed by atoms with van der Waals surface area (Å²) in [6, 6.07) is 13.0. The van der Waals surface area contributed by atoms with Crippen molar-refractivity contribution in [1.82, 2.24) is 4.90 Å². The number of hydroxylamine groups is 1. The molecule has 2 amide bonds. The van der Waals surface area contributed by atoms with Gasteiger partial charge in [0.15, 0.2) is 11.4 Å². The maximum atomic E-state index is 13.5. The summed E-state index contributed by atoms with van der Waals surface area (Å²) in [5.74, 6) is -1.06. The van der Waals surface area contributed by atoms with Crippen molar-refractivity contribution in [3.8, 4) is 0 Å². The highest BCUT2D eigenvalue weighted by Crippen LogP contribution is 2.48. The third-order valence-corrected chi connectivity index (χ3v) is 6.37. The normalized spacial score (nSPS) is 24.8. The van der Waals surface area contributed by atoms with Crippen molar-refractivity contribution in [3.63, 3.8) is 0 Å². The summed E-state index contributed by atoms with van der Waals surface area (Å²) in [6.07, 6.45) is 0.381. The Morgan fingerprint density at radius 2 is 1.77 bits per heavy atom. The van der Waals surface area contributed by atoms with Crippen LogP contribution in [0.4, 0.5) is 5.69 Å². The lowest BCUT2D eigenvalue weighted by molar-refractivity contribution is -0.153. The molecule has 2 aromatic carbocycles. The molecule has 2 saturated heterocycles. The van der Waals surface area contributed by atoms with E-state index in [1.807, 2.05) is 32.0 Å². The first-order valence-corrected chi connectivity index (χ1v) is 10.7. The van der Waals surface area contributed by atoms with Crippen LogP contribution < -0.4 is 5.06 Å². The van der Waals surface area contributed by atoms with Crippen molar-refractivity contribution in [2.75, 3.05) is 5.06 Å². The molecule has 2 atom stereocenters. The lowest BCUT2D eigenvalue weighted by Crippen LogP contribution is -2.46.